The molecule has 1 saturated heterocycles. The van der Waals surface area contributed by atoms with E-state index in [4.69, 9.17) is 5.73 Å². The predicted octanol–water partition coefficient (Wildman–Crippen LogP) is 1.24. The van der Waals surface area contributed by atoms with Crippen LogP contribution in [-0.2, 0) is 0 Å². The molecular weight excluding hydrogens is 198 g/mol. The van der Waals surface area contributed by atoms with Gasteiger partial charge in [0.1, 0.15) is 0 Å². The molecule has 2 unspecified atom stereocenters. The first-order valence-corrected chi connectivity index (χ1v) is 6.50. The molecule has 2 N–H and O–H groups in total. The number of likely N-dealkylation sites (N-methyl/N-ethyl adjacent to an activating group) is 1. The number of rotatable bonds is 5. The van der Waals surface area contributed by atoms with E-state index in [-0.39, 0.29) is 5.54 Å². The summed E-state index contributed by atoms with van der Waals surface area (Å²) in [6, 6.07) is 0. The molecule has 1 rings (SSSR count). The maximum atomic E-state index is 5.96. The molecule has 0 aliphatic carbocycles. The zero-order valence-corrected chi connectivity index (χ0v) is 11.7. The molecule has 16 heavy (non-hydrogen) atoms. The normalized spacial score (nSPS) is 26.6. The average molecular weight is 227 g/mol. The summed E-state index contributed by atoms with van der Waals surface area (Å²) in [7, 11) is 4.44. The van der Waals surface area contributed by atoms with E-state index in [2.05, 4.69) is 44.7 Å². The van der Waals surface area contributed by atoms with Gasteiger partial charge in [0.25, 0.3) is 0 Å². The Morgan fingerprint density at radius 2 is 2.12 bits per heavy atom. The van der Waals surface area contributed by atoms with Crippen molar-refractivity contribution in [3.05, 3.63) is 0 Å². The molecule has 0 aromatic rings. The van der Waals surface area contributed by atoms with Crippen LogP contribution in [0.5, 0.6) is 0 Å². The van der Waals surface area contributed by atoms with Crippen LogP contribution in [0.1, 0.15) is 27.2 Å². The molecule has 1 fully saturated rings. The Labute approximate surface area is 101 Å². The molecule has 0 spiro atoms. The lowest BCUT2D eigenvalue weighted by Crippen LogP contribution is -2.54. The third kappa shape index (κ3) is 2.96. The summed E-state index contributed by atoms with van der Waals surface area (Å²) in [5, 5.41) is 0. The Kier molecular flexibility index (Phi) is 4.77. The smallest absolute Gasteiger partial charge is 0.0323 e. The fourth-order valence-electron chi connectivity index (χ4n) is 2.60. The fourth-order valence-corrected chi connectivity index (χ4v) is 2.60. The predicted molar refractivity (Wildman–Crippen MR) is 70.5 cm³/mol. The SMILES string of the molecule is CC(C)C(C)(CN)N(C)CC1CCN(C)C1. The van der Waals surface area contributed by atoms with Gasteiger partial charge in [-0.05, 0) is 45.8 Å². The molecule has 0 amide bonds. The lowest BCUT2D eigenvalue weighted by molar-refractivity contribution is 0.0795. The monoisotopic (exact) mass is 227 g/mol. The van der Waals surface area contributed by atoms with Gasteiger partial charge in [0.2, 0.25) is 0 Å². The van der Waals surface area contributed by atoms with E-state index >= 15 is 0 Å². The van der Waals surface area contributed by atoms with Crippen LogP contribution in [0.2, 0.25) is 0 Å². The van der Waals surface area contributed by atoms with Crippen LogP contribution in [0.15, 0.2) is 0 Å². The molecule has 0 saturated carbocycles. The first-order chi connectivity index (χ1) is 7.40. The van der Waals surface area contributed by atoms with Crippen LogP contribution in [-0.4, -0.2) is 55.6 Å². The van der Waals surface area contributed by atoms with Crippen LogP contribution in [0.25, 0.3) is 0 Å². The average Bonchev–Trinajstić information content (AvgIpc) is 2.62. The minimum Gasteiger partial charge on any atom is -0.329 e. The highest BCUT2D eigenvalue weighted by Crippen LogP contribution is 2.25. The van der Waals surface area contributed by atoms with Crippen molar-refractivity contribution >= 4 is 0 Å². The van der Waals surface area contributed by atoms with Gasteiger partial charge in [0.15, 0.2) is 0 Å². The minimum atomic E-state index is 0.140. The second kappa shape index (κ2) is 5.48. The Balaban J connectivity index is 2.53. The Morgan fingerprint density at radius 1 is 1.50 bits per heavy atom. The van der Waals surface area contributed by atoms with Crippen molar-refractivity contribution in [2.45, 2.75) is 32.7 Å². The van der Waals surface area contributed by atoms with Crippen molar-refractivity contribution in [1.82, 2.24) is 9.80 Å². The first-order valence-electron chi connectivity index (χ1n) is 6.50. The minimum absolute atomic E-state index is 0.140. The summed E-state index contributed by atoms with van der Waals surface area (Å²) in [6.45, 7) is 11.2. The van der Waals surface area contributed by atoms with Crippen molar-refractivity contribution < 1.29 is 0 Å². The highest BCUT2D eigenvalue weighted by atomic mass is 15.2. The van der Waals surface area contributed by atoms with Crippen molar-refractivity contribution in [3.63, 3.8) is 0 Å². The van der Waals surface area contributed by atoms with Gasteiger partial charge in [-0.3, -0.25) is 4.90 Å². The summed E-state index contributed by atoms with van der Waals surface area (Å²) >= 11 is 0. The van der Waals surface area contributed by atoms with Crippen LogP contribution < -0.4 is 5.73 Å². The standard InChI is InChI=1S/C13H29N3/c1-11(2)13(3,10-14)16(5)9-12-6-7-15(4)8-12/h11-12H,6-10,14H2,1-5H3. The molecule has 0 aromatic heterocycles. The highest BCUT2D eigenvalue weighted by molar-refractivity contribution is 4.90. The third-order valence-corrected chi connectivity index (χ3v) is 4.55. The molecule has 1 aliphatic heterocycles. The van der Waals surface area contributed by atoms with Gasteiger partial charge in [-0.2, -0.15) is 0 Å². The molecule has 1 aliphatic rings. The third-order valence-electron chi connectivity index (χ3n) is 4.55. The van der Waals surface area contributed by atoms with Gasteiger partial charge in [-0.25, -0.2) is 0 Å². The maximum Gasteiger partial charge on any atom is 0.0323 e. The van der Waals surface area contributed by atoms with E-state index in [9.17, 15) is 0 Å². The zero-order valence-electron chi connectivity index (χ0n) is 11.7. The summed E-state index contributed by atoms with van der Waals surface area (Å²) in [4.78, 5) is 4.90. The van der Waals surface area contributed by atoms with E-state index < -0.39 is 0 Å². The molecule has 0 aromatic carbocycles. The summed E-state index contributed by atoms with van der Waals surface area (Å²) < 4.78 is 0. The van der Waals surface area contributed by atoms with Crippen LogP contribution >= 0.6 is 0 Å². The molecule has 0 bridgehead atoms. The van der Waals surface area contributed by atoms with E-state index in [1.807, 2.05) is 0 Å². The number of nitrogens with zero attached hydrogens (tertiary/aromatic N) is 2. The Hall–Kier alpha value is -0.120. The molecule has 1 heterocycles. The fraction of sp³-hybridized carbons (Fsp3) is 1.00. The first kappa shape index (κ1) is 13.9. The number of likely N-dealkylation sites (tertiary alicyclic amines) is 1. The van der Waals surface area contributed by atoms with Gasteiger partial charge in [0, 0.05) is 25.2 Å². The van der Waals surface area contributed by atoms with Crippen LogP contribution in [0, 0.1) is 11.8 Å². The summed E-state index contributed by atoms with van der Waals surface area (Å²) in [6.07, 6.45) is 1.33. The van der Waals surface area contributed by atoms with E-state index in [1.165, 1.54) is 26.1 Å². The van der Waals surface area contributed by atoms with Crippen molar-refractivity contribution in [3.8, 4) is 0 Å². The van der Waals surface area contributed by atoms with Gasteiger partial charge >= 0.3 is 0 Å². The Bertz CT molecular complexity index is 217. The maximum absolute atomic E-state index is 5.96. The van der Waals surface area contributed by atoms with Gasteiger partial charge in [-0.15, -0.1) is 0 Å². The van der Waals surface area contributed by atoms with Crippen molar-refractivity contribution in [1.29, 1.82) is 0 Å². The highest BCUT2D eigenvalue weighted by Gasteiger charge is 2.33. The number of hydrogen-bond donors (Lipinski definition) is 1. The van der Waals surface area contributed by atoms with Crippen molar-refractivity contribution in [2.75, 3.05) is 40.3 Å². The molecule has 3 nitrogen and oxygen atoms in total. The molecular formula is C13H29N3. The second-order valence-corrected chi connectivity index (χ2v) is 6.01. The molecule has 3 heteroatoms. The lowest BCUT2D eigenvalue weighted by Gasteiger charge is -2.42. The van der Waals surface area contributed by atoms with Gasteiger partial charge in [-0.1, -0.05) is 13.8 Å². The van der Waals surface area contributed by atoms with Crippen molar-refractivity contribution in [2.24, 2.45) is 17.6 Å². The van der Waals surface area contributed by atoms with Gasteiger partial charge in [0.05, 0.1) is 0 Å². The molecule has 0 radical (unpaired) electrons. The zero-order chi connectivity index (χ0) is 12.3. The van der Waals surface area contributed by atoms with Crippen LogP contribution in [0.3, 0.4) is 0 Å². The van der Waals surface area contributed by atoms with E-state index in [0.29, 0.717) is 5.92 Å². The van der Waals surface area contributed by atoms with Crippen LogP contribution in [0.4, 0.5) is 0 Å². The second-order valence-electron chi connectivity index (χ2n) is 6.01. The summed E-state index contributed by atoms with van der Waals surface area (Å²) in [5.41, 5.74) is 6.10. The van der Waals surface area contributed by atoms with E-state index in [1.54, 1.807) is 0 Å². The quantitative estimate of drug-likeness (QED) is 0.767. The molecule has 2 atom stereocenters. The summed E-state index contributed by atoms with van der Waals surface area (Å²) in [5.74, 6) is 1.42. The van der Waals surface area contributed by atoms with Gasteiger partial charge < -0.3 is 10.6 Å². The number of nitrogens with two attached hydrogens (primary N) is 1. The largest absolute Gasteiger partial charge is 0.329 e. The Morgan fingerprint density at radius 3 is 2.50 bits per heavy atom. The lowest BCUT2D eigenvalue weighted by atomic mass is 9.86. The topological polar surface area (TPSA) is 32.5 Å². The number of hydrogen-bond acceptors (Lipinski definition) is 3. The molecule has 96 valence electrons. The van der Waals surface area contributed by atoms with E-state index in [0.717, 1.165) is 12.5 Å².